The monoisotopic (exact) mass is 285 g/mol. The van der Waals surface area contributed by atoms with Crippen molar-refractivity contribution in [3.63, 3.8) is 0 Å². The number of nitrogens with zero attached hydrogens (tertiary/aromatic N) is 5. The Kier molecular flexibility index (Phi) is 3.00. The summed E-state index contributed by atoms with van der Waals surface area (Å²) in [6, 6.07) is 0.349. The Bertz CT molecular complexity index is 479. The Labute approximate surface area is 99.6 Å². The van der Waals surface area contributed by atoms with Crippen molar-refractivity contribution < 1.29 is 9.47 Å². The Balaban J connectivity index is 2.47. The Morgan fingerprint density at radius 2 is 1.75 bits per heavy atom. The Morgan fingerprint density at radius 3 is 2.19 bits per heavy atom. The lowest BCUT2D eigenvalue weighted by molar-refractivity contribution is 0.338. The fraction of sp³-hybridized carbons (Fsp3) is 0.250. The van der Waals surface area contributed by atoms with Crippen LogP contribution in [-0.2, 0) is 0 Å². The maximum absolute atomic E-state index is 4.93. The minimum atomic E-state index is 0.175. The molecule has 8 heteroatoms. The largest absolute Gasteiger partial charge is 0.467 e. The predicted molar refractivity (Wildman–Crippen MR) is 57.8 cm³/mol. The van der Waals surface area contributed by atoms with Crippen LogP contribution in [0.15, 0.2) is 16.9 Å². The molecular weight excluding hydrogens is 278 g/mol. The molecule has 2 rings (SSSR count). The molecule has 0 aliphatic rings. The van der Waals surface area contributed by atoms with E-state index in [9.17, 15) is 0 Å². The van der Waals surface area contributed by atoms with Crippen LogP contribution >= 0.6 is 15.9 Å². The third kappa shape index (κ3) is 2.11. The molecule has 84 valence electrons. The second-order valence-electron chi connectivity index (χ2n) is 2.71. The minimum absolute atomic E-state index is 0.175. The van der Waals surface area contributed by atoms with E-state index in [4.69, 9.17) is 9.47 Å². The van der Waals surface area contributed by atoms with Gasteiger partial charge in [0.1, 0.15) is 0 Å². The van der Waals surface area contributed by atoms with Gasteiger partial charge in [-0.2, -0.15) is 15.1 Å². The first-order chi connectivity index (χ1) is 7.72. The number of hydrogen-bond donors (Lipinski definition) is 0. The first kappa shape index (κ1) is 10.8. The summed E-state index contributed by atoms with van der Waals surface area (Å²) >= 11 is 3.28. The standard InChI is InChI=1S/C8H8BrN5O2/c1-15-7-11-6(12-8(13-7)16-2)14-4-5(9)3-10-14/h3-4H,1-2H3. The van der Waals surface area contributed by atoms with Crippen molar-refractivity contribution in [2.24, 2.45) is 0 Å². The average molecular weight is 286 g/mol. The summed E-state index contributed by atoms with van der Waals surface area (Å²) in [7, 11) is 2.94. The topological polar surface area (TPSA) is 75.0 Å². The van der Waals surface area contributed by atoms with Crippen molar-refractivity contribution in [1.82, 2.24) is 24.7 Å². The van der Waals surface area contributed by atoms with Gasteiger partial charge in [-0.15, -0.1) is 4.98 Å². The molecule has 16 heavy (non-hydrogen) atoms. The van der Waals surface area contributed by atoms with E-state index in [1.807, 2.05) is 0 Å². The number of ether oxygens (including phenoxy) is 2. The van der Waals surface area contributed by atoms with Crippen molar-refractivity contribution in [2.45, 2.75) is 0 Å². The van der Waals surface area contributed by atoms with E-state index >= 15 is 0 Å². The third-order valence-corrected chi connectivity index (χ3v) is 2.11. The molecule has 2 heterocycles. The van der Waals surface area contributed by atoms with E-state index < -0.39 is 0 Å². The van der Waals surface area contributed by atoms with Gasteiger partial charge in [-0.25, -0.2) is 4.68 Å². The highest BCUT2D eigenvalue weighted by Gasteiger charge is 2.09. The smallest absolute Gasteiger partial charge is 0.324 e. The van der Waals surface area contributed by atoms with Gasteiger partial charge in [0, 0.05) is 6.20 Å². The van der Waals surface area contributed by atoms with Gasteiger partial charge in [0.2, 0.25) is 0 Å². The predicted octanol–water partition coefficient (Wildman–Crippen LogP) is 0.837. The summed E-state index contributed by atoms with van der Waals surface area (Å²) in [5.41, 5.74) is 0. The molecule has 0 amide bonds. The first-order valence-corrected chi connectivity index (χ1v) is 5.07. The van der Waals surface area contributed by atoms with Crippen LogP contribution in [0.5, 0.6) is 12.0 Å². The van der Waals surface area contributed by atoms with E-state index in [0.717, 1.165) is 4.47 Å². The minimum Gasteiger partial charge on any atom is -0.467 e. The zero-order valence-corrected chi connectivity index (χ0v) is 10.2. The quantitative estimate of drug-likeness (QED) is 0.832. The van der Waals surface area contributed by atoms with E-state index in [2.05, 4.69) is 36.0 Å². The highest BCUT2D eigenvalue weighted by atomic mass is 79.9. The molecule has 2 aromatic heterocycles. The van der Waals surface area contributed by atoms with Crippen molar-refractivity contribution >= 4 is 15.9 Å². The van der Waals surface area contributed by atoms with Crippen molar-refractivity contribution in [1.29, 1.82) is 0 Å². The van der Waals surface area contributed by atoms with E-state index in [-0.39, 0.29) is 12.0 Å². The van der Waals surface area contributed by atoms with Crippen LogP contribution in [0.2, 0.25) is 0 Å². The van der Waals surface area contributed by atoms with Gasteiger partial charge in [-0.1, -0.05) is 0 Å². The van der Waals surface area contributed by atoms with E-state index in [0.29, 0.717) is 5.95 Å². The highest BCUT2D eigenvalue weighted by Crippen LogP contribution is 2.13. The molecule has 0 spiro atoms. The lowest BCUT2D eigenvalue weighted by atomic mass is 10.7. The zero-order valence-electron chi connectivity index (χ0n) is 8.59. The van der Waals surface area contributed by atoms with Gasteiger partial charge in [0.15, 0.2) is 0 Å². The molecule has 0 fully saturated rings. The fourth-order valence-electron chi connectivity index (χ4n) is 1.02. The maximum atomic E-state index is 4.93. The molecule has 0 atom stereocenters. The summed E-state index contributed by atoms with van der Waals surface area (Å²) in [6.45, 7) is 0. The summed E-state index contributed by atoms with van der Waals surface area (Å²) in [5.74, 6) is 0.328. The molecule has 0 bridgehead atoms. The number of methoxy groups -OCH3 is 2. The van der Waals surface area contributed by atoms with Gasteiger partial charge in [-0.05, 0) is 15.9 Å². The molecule has 0 aliphatic carbocycles. The molecule has 0 unspecified atom stereocenters. The number of aromatic nitrogens is 5. The van der Waals surface area contributed by atoms with E-state index in [1.165, 1.54) is 18.9 Å². The molecule has 0 radical (unpaired) electrons. The molecule has 2 aromatic rings. The third-order valence-electron chi connectivity index (χ3n) is 1.70. The van der Waals surface area contributed by atoms with Gasteiger partial charge in [0.05, 0.1) is 24.9 Å². The summed E-state index contributed by atoms with van der Waals surface area (Å²) in [4.78, 5) is 12.0. The van der Waals surface area contributed by atoms with Crippen LogP contribution < -0.4 is 9.47 Å². The fourth-order valence-corrected chi connectivity index (χ4v) is 1.31. The summed E-state index contributed by atoms with van der Waals surface area (Å²) < 4.78 is 12.2. The first-order valence-electron chi connectivity index (χ1n) is 4.27. The van der Waals surface area contributed by atoms with Crippen LogP contribution in [-0.4, -0.2) is 39.0 Å². The van der Waals surface area contributed by atoms with Crippen LogP contribution in [0.1, 0.15) is 0 Å². The number of rotatable bonds is 3. The normalized spacial score (nSPS) is 10.2. The van der Waals surface area contributed by atoms with Crippen molar-refractivity contribution in [3.05, 3.63) is 16.9 Å². The SMILES string of the molecule is COc1nc(OC)nc(-n2cc(Br)cn2)n1. The molecule has 0 aliphatic heterocycles. The van der Waals surface area contributed by atoms with Crippen molar-refractivity contribution in [2.75, 3.05) is 14.2 Å². The van der Waals surface area contributed by atoms with Gasteiger partial charge < -0.3 is 9.47 Å². The lowest BCUT2D eigenvalue weighted by Crippen LogP contribution is -2.06. The Morgan fingerprint density at radius 1 is 1.12 bits per heavy atom. The molecule has 0 saturated carbocycles. The molecule has 7 nitrogen and oxygen atoms in total. The number of halogens is 1. The summed E-state index contributed by atoms with van der Waals surface area (Å²) in [6.07, 6.45) is 3.34. The molecular formula is C8H8BrN5O2. The van der Waals surface area contributed by atoms with Crippen LogP contribution in [0.4, 0.5) is 0 Å². The second-order valence-corrected chi connectivity index (χ2v) is 3.63. The van der Waals surface area contributed by atoms with Crippen LogP contribution in [0, 0.1) is 0 Å². The van der Waals surface area contributed by atoms with Gasteiger partial charge in [0.25, 0.3) is 5.95 Å². The molecule has 0 saturated heterocycles. The number of hydrogen-bond acceptors (Lipinski definition) is 6. The van der Waals surface area contributed by atoms with Crippen LogP contribution in [0.25, 0.3) is 5.95 Å². The lowest BCUT2D eigenvalue weighted by Gasteiger charge is -2.04. The van der Waals surface area contributed by atoms with Crippen molar-refractivity contribution in [3.8, 4) is 18.0 Å². The zero-order chi connectivity index (χ0) is 11.5. The second kappa shape index (κ2) is 4.44. The van der Waals surface area contributed by atoms with Gasteiger partial charge >= 0.3 is 12.0 Å². The van der Waals surface area contributed by atoms with E-state index in [1.54, 1.807) is 12.4 Å². The van der Waals surface area contributed by atoms with Crippen LogP contribution in [0.3, 0.4) is 0 Å². The molecule has 0 aromatic carbocycles. The molecule has 0 N–H and O–H groups in total. The maximum Gasteiger partial charge on any atom is 0.324 e. The highest BCUT2D eigenvalue weighted by molar-refractivity contribution is 9.10. The Hall–Kier alpha value is -1.70. The van der Waals surface area contributed by atoms with Gasteiger partial charge in [-0.3, -0.25) is 0 Å². The average Bonchev–Trinajstić information content (AvgIpc) is 2.75. The summed E-state index contributed by atoms with van der Waals surface area (Å²) in [5, 5.41) is 4.04.